The molecule has 0 aromatic heterocycles. The van der Waals surface area contributed by atoms with Crippen molar-refractivity contribution in [2.45, 2.75) is 0 Å². The zero-order valence-corrected chi connectivity index (χ0v) is 27.7. The molecule has 0 aliphatic heterocycles. The molecule has 0 fully saturated rings. The van der Waals surface area contributed by atoms with Gasteiger partial charge in [-0.1, -0.05) is 24.3 Å². The summed E-state index contributed by atoms with van der Waals surface area (Å²) < 4.78 is 70.8. The highest BCUT2D eigenvalue weighted by atomic mass is 16.6. The Kier molecular flexibility index (Phi) is 34.7. The molecule has 0 bridgehead atoms. The fourth-order valence-corrected chi connectivity index (χ4v) is 3.32. The SMILES string of the molecule is C=CCOCCOCCOCCOCCOCCOCCOCCOCCOCCOCCOCCOCCOc1ccccc1. The van der Waals surface area contributed by atoms with Crippen molar-refractivity contribution in [2.75, 3.05) is 165 Å². The smallest absolute Gasteiger partial charge is 0.119 e. The van der Waals surface area contributed by atoms with E-state index in [1.165, 1.54) is 0 Å². The molecule has 0 aliphatic rings. The number of rotatable bonds is 39. The molecule has 0 N–H and O–H groups in total. The van der Waals surface area contributed by atoms with Gasteiger partial charge in [-0.15, -0.1) is 6.58 Å². The van der Waals surface area contributed by atoms with E-state index in [2.05, 4.69) is 6.58 Å². The van der Waals surface area contributed by atoms with Crippen molar-refractivity contribution in [3.8, 4) is 5.75 Å². The van der Waals surface area contributed by atoms with Gasteiger partial charge in [0.15, 0.2) is 0 Å². The normalized spacial score (nSPS) is 11.3. The van der Waals surface area contributed by atoms with Crippen molar-refractivity contribution in [3.05, 3.63) is 43.0 Å². The lowest BCUT2D eigenvalue weighted by Crippen LogP contribution is -2.15. The molecule has 1 aromatic carbocycles. The van der Waals surface area contributed by atoms with Crippen molar-refractivity contribution in [1.29, 1.82) is 0 Å². The molecule has 0 amide bonds. The summed E-state index contributed by atoms with van der Waals surface area (Å²) in [7, 11) is 0. The van der Waals surface area contributed by atoms with E-state index < -0.39 is 0 Å². The van der Waals surface area contributed by atoms with Crippen molar-refractivity contribution in [3.63, 3.8) is 0 Å². The highest BCUT2D eigenvalue weighted by Gasteiger charge is 1.97. The van der Waals surface area contributed by atoms with Crippen LogP contribution in [0.5, 0.6) is 5.75 Å². The third-order valence-electron chi connectivity index (χ3n) is 5.57. The lowest BCUT2D eigenvalue weighted by molar-refractivity contribution is -0.0283. The van der Waals surface area contributed by atoms with Gasteiger partial charge in [0, 0.05) is 0 Å². The molecule has 0 saturated heterocycles. The fourth-order valence-electron chi connectivity index (χ4n) is 3.32. The first-order chi connectivity index (χ1) is 22.9. The van der Waals surface area contributed by atoms with E-state index >= 15 is 0 Å². The van der Waals surface area contributed by atoms with Crippen LogP contribution in [0.2, 0.25) is 0 Å². The Balaban J connectivity index is 1.61. The summed E-state index contributed by atoms with van der Waals surface area (Å²) in [6.45, 7) is 16.6. The quantitative estimate of drug-likeness (QED) is 0.0759. The van der Waals surface area contributed by atoms with Gasteiger partial charge in [0.05, 0.1) is 159 Å². The highest BCUT2D eigenvalue weighted by molar-refractivity contribution is 5.20. The zero-order valence-electron chi connectivity index (χ0n) is 27.7. The molecule has 268 valence electrons. The molecule has 0 unspecified atom stereocenters. The van der Waals surface area contributed by atoms with Crippen molar-refractivity contribution in [1.82, 2.24) is 0 Å². The van der Waals surface area contributed by atoms with Gasteiger partial charge in [-0.3, -0.25) is 0 Å². The topological polar surface area (TPSA) is 120 Å². The van der Waals surface area contributed by atoms with Crippen LogP contribution >= 0.6 is 0 Å². The molecular formula is C33H58O13. The summed E-state index contributed by atoms with van der Waals surface area (Å²) in [5.74, 6) is 0.843. The van der Waals surface area contributed by atoms with Crippen LogP contribution in [0.3, 0.4) is 0 Å². The molecule has 1 aromatic rings. The zero-order chi connectivity index (χ0) is 32.7. The molecule has 13 nitrogen and oxygen atoms in total. The van der Waals surface area contributed by atoms with Crippen LogP contribution in [-0.4, -0.2) is 165 Å². The fraction of sp³-hybridized carbons (Fsp3) is 0.758. The third kappa shape index (κ3) is 33.6. The van der Waals surface area contributed by atoms with Crippen LogP contribution in [0.25, 0.3) is 0 Å². The Bertz CT molecular complexity index is 714. The first-order valence-electron chi connectivity index (χ1n) is 16.1. The van der Waals surface area contributed by atoms with E-state index in [1.807, 2.05) is 30.3 Å². The summed E-state index contributed by atoms with van der Waals surface area (Å²) in [6.07, 6.45) is 1.71. The van der Waals surface area contributed by atoms with Gasteiger partial charge in [0.25, 0.3) is 0 Å². The Hall–Kier alpha value is -1.72. The average molecular weight is 663 g/mol. The predicted molar refractivity (Wildman–Crippen MR) is 172 cm³/mol. The van der Waals surface area contributed by atoms with Crippen LogP contribution < -0.4 is 4.74 Å². The first-order valence-corrected chi connectivity index (χ1v) is 16.1. The molecular weight excluding hydrogens is 604 g/mol. The maximum absolute atomic E-state index is 5.55. The Morgan fingerprint density at radius 3 is 0.826 bits per heavy atom. The van der Waals surface area contributed by atoms with Gasteiger partial charge in [-0.05, 0) is 12.1 Å². The van der Waals surface area contributed by atoms with Crippen molar-refractivity contribution in [2.24, 2.45) is 0 Å². The van der Waals surface area contributed by atoms with E-state index in [0.717, 1.165) is 5.75 Å². The van der Waals surface area contributed by atoms with E-state index in [0.29, 0.717) is 165 Å². The molecule has 0 saturated carbocycles. The maximum atomic E-state index is 5.55. The number of para-hydroxylation sites is 1. The Labute approximate surface area is 275 Å². The molecule has 0 heterocycles. The monoisotopic (exact) mass is 662 g/mol. The predicted octanol–water partition coefficient (Wildman–Crippen LogP) is 2.45. The molecule has 0 atom stereocenters. The lowest BCUT2D eigenvalue weighted by atomic mass is 10.3. The molecule has 1 rings (SSSR count). The van der Waals surface area contributed by atoms with Crippen LogP contribution in [0.15, 0.2) is 43.0 Å². The van der Waals surface area contributed by atoms with Crippen molar-refractivity contribution < 1.29 is 61.6 Å². The van der Waals surface area contributed by atoms with Crippen LogP contribution in [0, 0.1) is 0 Å². The summed E-state index contributed by atoms with van der Waals surface area (Å²) in [4.78, 5) is 0. The number of ether oxygens (including phenoxy) is 13. The van der Waals surface area contributed by atoms with Gasteiger partial charge < -0.3 is 61.6 Å². The minimum absolute atomic E-state index is 0.509. The average Bonchev–Trinajstić information content (AvgIpc) is 3.08. The second-order valence-electron chi connectivity index (χ2n) is 9.26. The summed E-state index contributed by atoms with van der Waals surface area (Å²) >= 11 is 0. The molecule has 0 radical (unpaired) electrons. The Morgan fingerprint density at radius 2 is 0.565 bits per heavy atom. The first kappa shape index (κ1) is 42.3. The molecule has 13 heteroatoms. The number of benzene rings is 1. The van der Waals surface area contributed by atoms with Gasteiger partial charge >= 0.3 is 0 Å². The highest BCUT2D eigenvalue weighted by Crippen LogP contribution is 2.07. The second kappa shape index (κ2) is 37.7. The van der Waals surface area contributed by atoms with E-state index in [-0.39, 0.29) is 0 Å². The van der Waals surface area contributed by atoms with Gasteiger partial charge in [-0.25, -0.2) is 0 Å². The van der Waals surface area contributed by atoms with Crippen molar-refractivity contribution >= 4 is 0 Å². The van der Waals surface area contributed by atoms with Crippen LogP contribution in [0.4, 0.5) is 0 Å². The summed E-state index contributed by atoms with van der Waals surface area (Å²) in [5.41, 5.74) is 0. The van der Waals surface area contributed by atoms with Gasteiger partial charge in [-0.2, -0.15) is 0 Å². The number of hydrogen-bond acceptors (Lipinski definition) is 13. The van der Waals surface area contributed by atoms with E-state index in [4.69, 9.17) is 61.6 Å². The largest absolute Gasteiger partial charge is 0.491 e. The molecule has 46 heavy (non-hydrogen) atoms. The van der Waals surface area contributed by atoms with Gasteiger partial charge in [0.2, 0.25) is 0 Å². The van der Waals surface area contributed by atoms with E-state index in [9.17, 15) is 0 Å². The summed E-state index contributed by atoms with van der Waals surface area (Å²) in [6, 6.07) is 9.67. The van der Waals surface area contributed by atoms with E-state index in [1.54, 1.807) is 6.08 Å². The minimum Gasteiger partial charge on any atom is -0.491 e. The second-order valence-corrected chi connectivity index (χ2v) is 9.26. The van der Waals surface area contributed by atoms with Crippen LogP contribution in [0.1, 0.15) is 0 Å². The third-order valence-corrected chi connectivity index (χ3v) is 5.57. The molecule has 0 spiro atoms. The Morgan fingerprint density at radius 1 is 0.326 bits per heavy atom. The summed E-state index contributed by atoms with van der Waals surface area (Å²) in [5, 5.41) is 0. The maximum Gasteiger partial charge on any atom is 0.119 e. The molecule has 0 aliphatic carbocycles. The van der Waals surface area contributed by atoms with Gasteiger partial charge in [0.1, 0.15) is 12.4 Å². The lowest BCUT2D eigenvalue weighted by Gasteiger charge is -2.09. The minimum atomic E-state index is 0.509. The number of hydrogen-bond donors (Lipinski definition) is 0. The standard InChI is InChI=1S/C33H58O13/c1-2-8-34-9-10-35-11-12-36-13-14-37-15-16-38-17-18-39-19-20-40-21-22-41-23-24-42-25-26-43-27-28-44-29-30-45-31-32-46-33-6-4-3-5-7-33/h2-7H,1,8-32H2. The van der Waals surface area contributed by atoms with Crippen LogP contribution in [-0.2, 0) is 56.8 Å².